The first-order chi connectivity index (χ1) is 13.1. The van der Waals surface area contributed by atoms with Crippen LogP contribution in [0.25, 0.3) is 0 Å². The van der Waals surface area contributed by atoms with Crippen molar-refractivity contribution < 1.29 is 18.0 Å². The van der Waals surface area contributed by atoms with E-state index in [4.69, 9.17) is 5.73 Å². The van der Waals surface area contributed by atoms with E-state index in [1.807, 2.05) is 6.07 Å². The van der Waals surface area contributed by atoms with E-state index in [1.54, 1.807) is 6.26 Å². The zero-order valence-electron chi connectivity index (χ0n) is 15.1. The highest BCUT2D eigenvalue weighted by Crippen LogP contribution is 2.31. The van der Waals surface area contributed by atoms with Gasteiger partial charge in [0.1, 0.15) is 16.7 Å². The van der Waals surface area contributed by atoms with Gasteiger partial charge in [0, 0.05) is 19.8 Å². The summed E-state index contributed by atoms with van der Waals surface area (Å²) >= 11 is 1.19. The number of amides is 2. The normalized spacial score (nSPS) is 10.9. The number of nitriles is 1. The second-order valence-corrected chi connectivity index (χ2v) is 6.25. The Morgan fingerprint density at radius 2 is 2.00 bits per heavy atom. The van der Waals surface area contributed by atoms with Crippen molar-refractivity contribution in [2.75, 3.05) is 36.4 Å². The summed E-state index contributed by atoms with van der Waals surface area (Å²) in [4.78, 5) is 20.4. The monoisotopic (exact) mass is 411 g/mol. The van der Waals surface area contributed by atoms with E-state index in [9.17, 15) is 23.2 Å². The molecule has 0 saturated heterocycles. The van der Waals surface area contributed by atoms with Gasteiger partial charge >= 0.3 is 12.2 Å². The van der Waals surface area contributed by atoms with Crippen molar-refractivity contribution in [3.05, 3.63) is 35.4 Å². The van der Waals surface area contributed by atoms with Crippen molar-refractivity contribution in [3.63, 3.8) is 0 Å². The average Bonchev–Trinajstić information content (AvgIpc) is 2.65. The molecule has 148 valence electrons. The summed E-state index contributed by atoms with van der Waals surface area (Å²) in [6.07, 6.45) is -2.83. The van der Waals surface area contributed by atoms with Crippen LogP contribution >= 0.6 is 11.8 Å². The number of nitrogens with one attached hydrogen (secondary N) is 1. The van der Waals surface area contributed by atoms with Gasteiger partial charge in [0.2, 0.25) is 5.95 Å². The molecule has 0 saturated carbocycles. The van der Waals surface area contributed by atoms with Crippen molar-refractivity contribution in [3.8, 4) is 6.07 Å². The molecule has 28 heavy (non-hydrogen) atoms. The Labute approximate surface area is 163 Å². The van der Waals surface area contributed by atoms with Crippen LogP contribution in [-0.2, 0) is 6.18 Å². The zero-order valence-corrected chi connectivity index (χ0v) is 15.9. The molecule has 0 fully saturated rings. The number of aromatic nitrogens is 2. The first kappa shape index (κ1) is 21.1. The van der Waals surface area contributed by atoms with Gasteiger partial charge in [0.05, 0.1) is 5.56 Å². The maximum Gasteiger partial charge on any atom is 0.416 e. The molecule has 0 atom stereocenters. The van der Waals surface area contributed by atoms with Gasteiger partial charge in [-0.1, -0.05) is 6.07 Å². The molecule has 0 bridgehead atoms. The van der Waals surface area contributed by atoms with Gasteiger partial charge in [0.25, 0.3) is 0 Å². The Hall–Kier alpha value is -3.20. The molecule has 8 nitrogen and oxygen atoms in total. The molecular weight excluding hydrogens is 395 g/mol. The van der Waals surface area contributed by atoms with E-state index >= 15 is 0 Å². The molecule has 0 unspecified atom stereocenters. The number of benzene rings is 1. The molecular formula is C16H16F3N7OS. The smallest absolute Gasteiger partial charge is 0.368 e. The minimum Gasteiger partial charge on any atom is -0.368 e. The number of halogens is 3. The van der Waals surface area contributed by atoms with Gasteiger partial charge in [-0.2, -0.15) is 23.4 Å². The maximum atomic E-state index is 12.8. The van der Waals surface area contributed by atoms with Crippen LogP contribution in [0.15, 0.2) is 29.3 Å². The van der Waals surface area contributed by atoms with Crippen LogP contribution in [0.2, 0.25) is 0 Å². The molecule has 1 aromatic heterocycles. The molecule has 1 aromatic carbocycles. The third-order valence-corrected chi connectivity index (χ3v) is 4.35. The first-order valence-corrected chi connectivity index (χ1v) is 8.88. The highest BCUT2D eigenvalue weighted by molar-refractivity contribution is 7.98. The third-order valence-electron chi connectivity index (χ3n) is 3.67. The summed E-state index contributed by atoms with van der Waals surface area (Å²) in [5.41, 5.74) is 4.85. The largest absolute Gasteiger partial charge is 0.416 e. The molecule has 3 N–H and O–H groups in total. The summed E-state index contributed by atoms with van der Waals surface area (Å²) in [5.74, 6) is -0.00192. The molecule has 1 heterocycles. The van der Waals surface area contributed by atoms with Crippen LogP contribution in [-0.4, -0.2) is 41.4 Å². The Kier molecular flexibility index (Phi) is 6.19. The van der Waals surface area contributed by atoms with Gasteiger partial charge in [0.15, 0.2) is 5.82 Å². The number of hydrogen-bond donors (Lipinski definition) is 2. The lowest BCUT2D eigenvalue weighted by Crippen LogP contribution is -2.44. The van der Waals surface area contributed by atoms with Crippen molar-refractivity contribution in [2.24, 2.45) is 0 Å². The van der Waals surface area contributed by atoms with Crippen LogP contribution in [0.1, 0.15) is 11.1 Å². The van der Waals surface area contributed by atoms with E-state index in [-0.39, 0.29) is 23.0 Å². The predicted octanol–water partition coefficient (Wildman–Crippen LogP) is 3.19. The van der Waals surface area contributed by atoms with Gasteiger partial charge in [-0.15, -0.1) is 11.8 Å². The summed E-state index contributed by atoms with van der Waals surface area (Å²) in [6.45, 7) is 0. The van der Waals surface area contributed by atoms with E-state index in [0.717, 1.165) is 17.1 Å². The minimum atomic E-state index is -4.53. The molecule has 2 rings (SSSR count). The number of hydrogen-bond acceptors (Lipinski definition) is 7. The summed E-state index contributed by atoms with van der Waals surface area (Å²) in [5, 5.41) is 14.4. The van der Waals surface area contributed by atoms with Crippen molar-refractivity contribution >= 4 is 35.2 Å². The molecule has 0 aliphatic carbocycles. The van der Waals surface area contributed by atoms with E-state index in [0.29, 0.717) is 5.03 Å². The van der Waals surface area contributed by atoms with Gasteiger partial charge in [-0.3, -0.25) is 5.01 Å². The molecule has 2 amide bonds. The van der Waals surface area contributed by atoms with E-state index < -0.39 is 17.8 Å². The van der Waals surface area contributed by atoms with Crippen LogP contribution in [0.5, 0.6) is 0 Å². The van der Waals surface area contributed by atoms with Crippen molar-refractivity contribution in [1.29, 1.82) is 5.26 Å². The lowest BCUT2D eigenvalue weighted by molar-refractivity contribution is -0.137. The Morgan fingerprint density at radius 1 is 1.32 bits per heavy atom. The summed E-state index contributed by atoms with van der Waals surface area (Å²) in [7, 11) is 2.82. The van der Waals surface area contributed by atoms with E-state index in [1.165, 1.54) is 43.0 Å². The number of alkyl halides is 3. The second kappa shape index (κ2) is 8.22. The van der Waals surface area contributed by atoms with Crippen molar-refractivity contribution in [1.82, 2.24) is 15.0 Å². The number of carbonyl (C=O) groups excluding carboxylic acids is 1. The molecule has 2 aromatic rings. The fourth-order valence-electron chi connectivity index (χ4n) is 2.18. The Balaban J connectivity index is 2.27. The maximum absolute atomic E-state index is 12.8. The number of anilines is 3. The van der Waals surface area contributed by atoms with Gasteiger partial charge in [-0.25, -0.2) is 14.8 Å². The number of nitrogen functional groups attached to an aromatic ring is 1. The third kappa shape index (κ3) is 4.55. The fraction of sp³-hybridized carbons (Fsp3) is 0.250. The Morgan fingerprint density at radius 3 is 2.57 bits per heavy atom. The molecule has 12 heteroatoms. The standard InChI is InChI=1S/C16H16F3N7OS/c1-25(12-11(8-20)13(28-3)24-14(21)23-12)26(2)15(27)22-10-6-4-5-9(7-10)16(17,18)19/h4-7H,1-3H3,(H,22,27)(H2,21,23,24). The van der Waals surface area contributed by atoms with E-state index in [2.05, 4.69) is 15.3 Å². The van der Waals surface area contributed by atoms with Crippen molar-refractivity contribution in [2.45, 2.75) is 11.2 Å². The number of nitrogens with zero attached hydrogens (tertiary/aromatic N) is 5. The zero-order chi connectivity index (χ0) is 21.1. The average molecular weight is 411 g/mol. The number of urea groups is 1. The van der Waals surface area contributed by atoms with Crippen LogP contribution in [0, 0.1) is 11.3 Å². The SMILES string of the molecule is CSc1nc(N)nc(N(C)N(C)C(=O)Nc2cccc(C(F)(F)F)c2)c1C#N. The lowest BCUT2D eigenvalue weighted by atomic mass is 10.2. The predicted molar refractivity (Wildman–Crippen MR) is 99.6 cm³/mol. The lowest BCUT2D eigenvalue weighted by Gasteiger charge is -2.30. The number of thioether (sulfide) groups is 1. The van der Waals surface area contributed by atoms with Crippen LogP contribution in [0.4, 0.5) is 35.4 Å². The van der Waals surface area contributed by atoms with Crippen LogP contribution in [0.3, 0.4) is 0 Å². The van der Waals surface area contributed by atoms with Crippen LogP contribution < -0.4 is 16.1 Å². The minimum absolute atomic E-state index is 0.0346. The summed E-state index contributed by atoms with van der Waals surface area (Å²) < 4.78 is 38.4. The first-order valence-electron chi connectivity index (χ1n) is 7.65. The molecule has 0 aliphatic heterocycles. The number of carbonyl (C=O) groups is 1. The number of hydrazine groups is 1. The number of nitrogens with two attached hydrogens (primary N) is 1. The quantitative estimate of drug-likeness (QED) is 0.451. The fourth-order valence-corrected chi connectivity index (χ4v) is 2.71. The molecule has 0 radical (unpaired) electrons. The van der Waals surface area contributed by atoms with Gasteiger partial charge < -0.3 is 11.1 Å². The Bertz CT molecular complexity index is 929. The highest BCUT2D eigenvalue weighted by Gasteiger charge is 2.30. The molecule has 0 aliphatic rings. The molecule has 0 spiro atoms. The highest BCUT2D eigenvalue weighted by atomic mass is 32.2. The number of rotatable bonds is 4. The van der Waals surface area contributed by atoms with Gasteiger partial charge in [-0.05, 0) is 24.5 Å². The topological polar surface area (TPSA) is 111 Å². The second-order valence-electron chi connectivity index (χ2n) is 5.46. The summed E-state index contributed by atoms with van der Waals surface area (Å²) in [6, 6.07) is 5.46.